The molecular weight excluding hydrogens is 376 g/mol. The summed E-state index contributed by atoms with van der Waals surface area (Å²) in [5.74, 6) is -0.0259. The van der Waals surface area contributed by atoms with Gasteiger partial charge in [0.15, 0.2) is 9.84 Å². The number of hydrogen-bond acceptors (Lipinski definition) is 5. The number of nitrogens with one attached hydrogen (secondary N) is 1. The number of nitrogens with zero attached hydrogens (tertiary/aromatic N) is 1. The molecule has 1 amide bonds. The summed E-state index contributed by atoms with van der Waals surface area (Å²) >= 11 is 0. The lowest BCUT2D eigenvalue weighted by Crippen LogP contribution is -2.43. The highest BCUT2D eigenvalue weighted by Crippen LogP contribution is 2.25. The van der Waals surface area contributed by atoms with E-state index >= 15 is 0 Å². The van der Waals surface area contributed by atoms with E-state index in [0.717, 1.165) is 30.4 Å². The van der Waals surface area contributed by atoms with Gasteiger partial charge in [0.2, 0.25) is 11.8 Å². The van der Waals surface area contributed by atoms with Crippen LogP contribution in [0.4, 0.5) is 0 Å². The van der Waals surface area contributed by atoms with Crippen LogP contribution in [0.1, 0.15) is 49.6 Å². The quantitative estimate of drug-likeness (QED) is 0.795. The fraction of sp³-hybridized carbons (Fsp3) is 0.524. The Morgan fingerprint density at radius 2 is 1.86 bits per heavy atom. The first-order valence-corrected chi connectivity index (χ1v) is 11.6. The highest BCUT2D eigenvalue weighted by molar-refractivity contribution is 7.91. The van der Waals surface area contributed by atoms with Crippen molar-refractivity contribution in [2.45, 2.75) is 58.2 Å². The minimum Gasteiger partial charge on any atom is -0.441 e. The van der Waals surface area contributed by atoms with Gasteiger partial charge in [0.25, 0.3) is 0 Å². The number of hydrogen-bond donors (Lipinski definition) is 1. The third-order valence-corrected chi connectivity index (χ3v) is 6.77. The van der Waals surface area contributed by atoms with Crippen LogP contribution in [0.15, 0.2) is 28.7 Å². The summed E-state index contributed by atoms with van der Waals surface area (Å²) in [5, 5.41) is 2.90. The third kappa shape index (κ3) is 5.22. The molecule has 1 fully saturated rings. The minimum atomic E-state index is -3.63. The molecular formula is C21H28N2O4S. The zero-order valence-electron chi connectivity index (χ0n) is 16.7. The van der Waals surface area contributed by atoms with Crippen molar-refractivity contribution < 1.29 is 17.6 Å². The molecule has 1 N–H and O–H groups in total. The van der Waals surface area contributed by atoms with Gasteiger partial charge in [-0.25, -0.2) is 13.4 Å². The van der Waals surface area contributed by atoms with Crippen LogP contribution in [-0.4, -0.2) is 31.1 Å². The molecule has 0 bridgehead atoms. The van der Waals surface area contributed by atoms with Crippen LogP contribution in [0.2, 0.25) is 0 Å². The summed E-state index contributed by atoms with van der Waals surface area (Å²) in [6, 6.07) is 7.73. The third-order valence-electron chi connectivity index (χ3n) is 5.36. The second-order valence-corrected chi connectivity index (χ2v) is 9.92. The fourth-order valence-corrected chi connectivity index (χ4v) is 4.89. The largest absolute Gasteiger partial charge is 0.441 e. The Labute approximate surface area is 166 Å². The summed E-state index contributed by atoms with van der Waals surface area (Å²) < 4.78 is 30.7. The lowest BCUT2D eigenvalue weighted by Gasteiger charge is -2.29. The van der Waals surface area contributed by atoms with Crippen LogP contribution < -0.4 is 5.32 Å². The number of amides is 1. The summed E-state index contributed by atoms with van der Waals surface area (Å²) in [5.41, 5.74) is 2.27. The van der Waals surface area contributed by atoms with E-state index in [4.69, 9.17) is 4.42 Å². The van der Waals surface area contributed by atoms with Crippen molar-refractivity contribution in [3.8, 4) is 11.5 Å². The zero-order valence-corrected chi connectivity index (χ0v) is 17.5. The Balaban J connectivity index is 1.65. The van der Waals surface area contributed by atoms with Gasteiger partial charge in [-0.2, -0.15) is 0 Å². The molecule has 28 heavy (non-hydrogen) atoms. The van der Waals surface area contributed by atoms with Crippen LogP contribution in [0.5, 0.6) is 0 Å². The molecule has 7 heteroatoms. The van der Waals surface area contributed by atoms with Crippen LogP contribution >= 0.6 is 0 Å². The summed E-state index contributed by atoms with van der Waals surface area (Å²) in [7, 11) is -3.63. The first-order chi connectivity index (χ1) is 13.2. The lowest BCUT2D eigenvalue weighted by atomic mass is 9.86. The second kappa shape index (κ2) is 8.47. The molecule has 1 heterocycles. The Kier molecular flexibility index (Phi) is 6.23. The number of aromatic nitrogens is 1. The predicted octanol–water partition coefficient (Wildman–Crippen LogP) is 3.57. The monoisotopic (exact) mass is 404 g/mol. The Morgan fingerprint density at radius 1 is 1.18 bits per heavy atom. The van der Waals surface area contributed by atoms with Crippen LogP contribution in [-0.2, 0) is 20.4 Å². The maximum absolute atomic E-state index is 12.5. The van der Waals surface area contributed by atoms with Gasteiger partial charge in [0.05, 0.1) is 11.4 Å². The molecule has 0 radical (unpaired) electrons. The number of carbonyl (C=O) groups is 1. The number of sulfone groups is 1. The average molecular weight is 405 g/mol. The topological polar surface area (TPSA) is 89.3 Å². The molecule has 3 rings (SSSR count). The number of oxazole rings is 1. The number of carbonyl (C=O) groups excluding carboxylic acids is 1. The van der Waals surface area contributed by atoms with E-state index < -0.39 is 21.5 Å². The van der Waals surface area contributed by atoms with Gasteiger partial charge >= 0.3 is 0 Å². The van der Waals surface area contributed by atoms with Crippen molar-refractivity contribution >= 4 is 15.7 Å². The molecule has 1 aliphatic carbocycles. The Hall–Kier alpha value is -2.15. The van der Waals surface area contributed by atoms with Gasteiger partial charge in [-0.1, -0.05) is 37.5 Å². The lowest BCUT2D eigenvalue weighted by molar-refractivity contribution is -0.119. The number of benzene rings is 1. The highest BCUT2D eigenvalue weighted by Gasteiger charge is 2.26. The van der Waals surface area contributed by atoms with E-state index in [2.05, 4.69) is 17.2 Å². The van der Waals surface area contributed by atoms with Crippen molar-refractivity contribution in [3.63, 3.8) is 0 Å². The van der Waals surface area contributed by atoms with Crippen LogP contribution in [0, 0.1) is 19.8 Å². The van der Waals surface area contributed by atoms with E-state index in [1.54, 1.807) is 6.92 Å². The predicted molar refractivity (Wildman–Crippen MR) is 108 cm³/mol. The van der Waals surface area contributed by atoms with E-state index in [0.29, 0.717) is 23.3 Å². The molecule has 0 spiro atoms. The number of rotatable bonds is 6. The molecule has 6 nitrogen and oxygen atoms in total. The van der Waals surface area contributed by atoms with Crippen molar-refractivity contribution in [2.24, 2.45) is 5.92 Å². The van der Waals surface area contributed by atoms with Crippen LogP contribution in [0.3, 0.4) is 0 Å². The zero-order chi connectivity index (χ0) is 20.3. The second-order valence-electron chi connectivity index (χ2n) is 7.86. The molecule has 1 saturated carbocycles. The Bertz CT molecular complexity index is 932. The van der Waals surface area contributed by atoms with Crippen molar-refractivity contribution in [2.75, 3.05) is 5.75 Å². The van der Waals surface area contributed by atoms with Crippen LogP contribution in [0.25, 0.3) is 11.5 Å². The standard InChI is InChI=1S/C21H28N2O4S/c1-14-8-10-17(11-9-14)21-23-19(16(3)27-21)12-28(25,26)13-20(24)22-18-7-5-4-6-15(18)2/h8-11,15,18H,4-7,12-13H2,1-3H3,(H,22,24)/t15-,18+/m0/s1. The first kappa shape index (κ1) is 20.6. The Morgan fingerprint density at radius 3 is 2.54 bits per heavy atom. The van der Waals surface area contributed by atoms with Gasteiger partial charge in [-0.15, -0.1) is 0 Å². The maximum Gasteiger partial charge on any atom is 0.235 e. The summed E-state index contributed by atoms with van der Waals surface area (Å²) in [6.07, 6.45) is 4.22. The molecule has 0 unspecified atom stereocenters. The molecule has 2 atom stereocenters. The number of aryl methyl sites for hydroxylation is 2. The summed E-state index contributed by atoms with van der Waals surface area (Å²) in [4.78, 5) is 16.6. The maximum atomic E-state index is 12.5. The van der Waals surface area contributed by atoms with Gasteiger partial charge in [0.1, 0.15) is 11.5 Å². The SMILES string of the molecule is Cc1ccc(-c2nc(CS(=O)(=O)CC(=O)N[C@@H]3CCCC[C@@H]3C)c(C)o2)cc1. The van der Waals surface area contributed by atoms with Crippen molar-refractivity contribution in [1.29, 1.82) is 0 Å². The van der Waals surface area contributed by atoms with E-state index in [9.17, 15) is 13.2 Å². The normalized spacial score (nSPS) is 20.1. The molecule has 1 aromatic heterocycles. The van der Waals surface area contributed by atoms with Gasteiger partial charge < -0.3 is 9.73 Å². The minimum absolute atomic E-state index is 0.0679. The fourth-order valence-electron chi connectivity index (χ4n) is 3.62. The molecule has 1 aliphatic rings. The van der Waals surface area contributed by atoms with Gasteiger partial charge in [-0.3, -0.25) is 4.79 Å². The molecule has 152 valence electrons. The van der Waals surface area contributed by atoms with Gasteiger partial charge in [-0.05, 0) is 44.7 Å². The van der Waals surface area contributed by atoms with E-state index in [1.807, 2.05) is 31.2 Å². The van der Waals surface area contributed by atoms with Crippen molar-refractivity contribution in [3.05, 3.63) is 41.3 Å². The summed E-state index contributed by atoms with van der Waals surface area (Å²) in [6.45, 7) is 5.78. The molecule has 2 aromatic rings. The molecule has 0 saturated heterocycles. The molecule has 1 aromatic carbocycles. The van der Waals surface area contributed by atoms with Crippen molar-refractivity contribution in [1.82, 2.24) is 10.3 Å². The highest BCUT2D eigenvalue weighted by atomic mass is 32.2. The van der Waals surface area contributed by atoms with E-state index in [1.165, 1.54) is 6.42 Å². The first-order valence-electron chi connectivity index (χ1n) is 9.76. The molecule has 0 aliphatic heterocycles. The van der Waals surface area contributed by atoms with E-state index in [-0.39, 0.29) is 11.8 Å². The smallest absolute Gasteiger partial charge is 0.235 e. The average Bonchev–Trinajstić information content (AvgIpc) is 2.97. The van der Waals surface area contributed by atoms with Gasteiger partial charge in [0, 0.05) is 11.6 Å².